The molecule has 0 spiro atoms. The number of nitrogens with two attached hydrogens (primary N) is 1. The standard InChI is InChI=1S/C12H15NO4/c1-12(2,3)17-11(16)8-4-7(10(13)15)5-9(14)6-8/h4-6,14H,1-3H3,(H2,13,15). The predicted molar refractivity (Wildman–Crippen MR) is 61.8 cm³/mol. The number of aromatic hydroxyl groups is 1. The van der Waals surface area contributed by atoms with Crippen LogP contribution in [-0.2, 0) is 4.74 Å². The van der Waals surface area contributed by atoms with Gasteiger partial charge in [0.2, 0.25) is 5.91 Å². The minimum atomic E-state index is -0.717. The van der Waals surface area contributed by atoms with Gasteiger partial charge in [-0.25, -0.2) is 4.79 Å². The van der Waals surface area contributed by atoms with E-state index in [-0.39, 0.29) is 16.9 Å². The van der Waals surface area contributed by atoms with Gasteiger partial charge in [-0.1, -0.05) is 0 Å². The molecule has 1 aromatic carbocycles. The molecule has 1 rings (SSSR count). The molecule has 0 saturated heterocycles. The smallest absolute Gasteiger partial charge is 0.338 e. The van der Waals surface area contributed by atoms with Crippen molar-refractivity contribution in [2.75, 3.05) is 0 Å². The van der Waals surface area contributed by atoms with Crippen molar-refractivity contribution in [1.82, 2.24) is 0 Å². The summed E-state index contributed by atoms with van der Waals surface area (Å²) in [6, 6.07) is 3.70. The van der Waals surface area contributed by atoms with Crippen LogP contribution in [-0.4, -0.2) is 22.6 Å². The highest BCUT2D eigenvalue weighted by Crippen LogP contribution is 2.18. The number of esters is 1. The largest absolute Gasteiger partial charge is 0.508 e. The molecule has 5 nitrogen and oxygen atoms in total. The zero-order valence-corrected chi connectivity index (χ0v) is 9.98. The normalized spacial score (nSPS) is 11.0. The second-order valence-electron chi connectivity index (χ2n) is 4.63. The van der Waals surface area contributed by atoms with E-state index in [1.165, 1.54) is 18.2 Å². The zero-order valence-electron chi connectivity index (χ0n) is 9.98. The first kappa shape index (κ1) is 13.0. The number of phenols is 1. The van der Waals surface area contributed by atoms with E-state index in [0.29, 0.717) is 0 Å². The average molecular weight is 237 g/mol. The number of rotatable bonds is 2. The van der Waals surface area contributed by atoms with Crippen molar-refractivity contribution in [3.63, 3.8) is 0 Å². The third-order valence-corrected chi connectivity index (χ3v) is 1.84. The molecule has 0 aromatic heterocycles. The van der Waals surface area contributed by atoms with Crippen LogP contribution in [0.1, 0.15) is 41.5 Å². The highest BCUT2D eigenvalue weighted by molar-refractivity contribution is 5.97. The molecule has 0 heterocycles. The Hall–Kier alpha value is -2.04. The van der Waals surface area contributed by atoms with Gasteiger partial charge >= 0.3 is 5.97 Å². The Bertz CT molecular complexity index is 460. The SMILES string of the molecule is CC(C)(C)OC(=O)c1cc(O)cc(C(N)=O)c1. The third kappa shape index (κ3) is 3.79. The van der Waals surface area contributed by atoms with Crippen LogP contribution in [0.2, 0.25) is 0 Å². The van der Waals surface area contributed by atoms with Crippen LogP contribution >= 0.6 is 0 Å². The van der Waals surface area contributed by atoms with Gasteiger partial charge in [-0.2, -0.15) is 0 Å². The number of carbonyl (C=O) groups is 2. The number of benzene rings is 1. The number of amides is 1. The summed E-state index contributed by atoms with van der Waals surface area (Å²) in [7, 11) is 0. The summed E-state index contributed by atoms with van der Waals surface area (Å²) in [5.41, 5.74) is 4.59. The van der Waals surface area contributed by atoms with Gasteiger partial charge in [-0.3, -0.25) is 4.79 Å². The lowest BCUT2D eigenvalue weighted by Crippen LogP contribution is -2.24. The van der Waals surface area contributed by atoms with Crippen molar-refractivity contribution in [3.8, 4) is 5.75 Å². The van der Waals surface area contributed by atoms with E-state index < -0.39 is 17.5 Å². The van der Waals surface area contributed by atoms with Gasteiger partial charge in [0.05, 0.1) is 5.56 Å². The average Bonchev–Trinajstić information content (AvgIpc) is 2.13. The Kier molecular flexibility index (Phi) is 3.41. The maximum Gasteiger partial charge on any atom is 0.338 e. The minimum Gasteiger partial charge on any atom is -0.508 e. The Balaban J connectivity index is 3.06. The second kappa shape index (κ2) is 4.45. The number of hydrogen-bond acceptors (Lipinski definition) is 4. The predicted octanol–water partition coefficient (Wildman–Crippen LogP) is 1.45. The summed E-state index contributed by atoms with van der Waals surface area (Å²) in [5.74, 6) is -1.54. The summed E-state index contributed by atoms with van der Waals surface area (Å²) in [5, 5.41) is 9.37. The van der Waals surface area contributed by atoms with Crippen LogP contribution in [0.25, 0.3) is 0 Å². The molecule has 0 bridgehead atoms. The summed E-state index contributed by atoms with van der Waals surface area (Å²) in [4.78, 5) is 22.7. The van der Waals surface area contributed by atoms with Gasteiger partial charge < -0.3 is 15.6 Å². The number of ether oxygens (including phenoxy) is 1. The third-order valence-electron chi connectivity index (χ3n) is 1.84. The molecule has 3 N–H and O–H groups in total. The van der Waals surface area contributed by atoms with E-state index in [1.807, 2.05) is 0 Å². The molecule has 5 heteroatoms. The fourth-order valence-corrected chi connectivity index (χ4v) is 1.21. The van der Waals surface area contributed by atoms with Gasteiger partial charge in [0, 0.05) is 5.56 Å². The number of carbonyl (C=O) groups excluding carboxylic acids is 2. The quantitative estimate of drug-likeness (QED) is 0.762. The molecule has 0 unspecified atom stereocenters. The van der Waals surface area contributed by atoms with Gasteiger partial charge in [0.1, 0.15) is 11.4 Å². The fourth-order valence-electron chi connectivity index (χ4n) is 1.21. The van der Waals surface area contributed by atoms with E-state index in [1.54, 1.807) is 20.8 Å². The second-order valence-corrected chi connectivity index (χ2v) is 4.63. The number of hydrogen-bond donors (Lipinski definition) is 2. The molecule has 0 aliphatic heterocycles. The van der Waals surface area contributed by atoms with Crippen LogP contribution in [0, 0.1) is 0 Å². The monoisotopic (exact) mass is 237 g/mol. The van der Waals surface area contributed by atoms with Crippen LogP contribution in [0.5, 0.6) is 5.75 Å². The maximum atomic E-state index is 11.7. The molecule has 0 saturated carbocycles. The van der Waals surface area contributed by atoms with Gasteiger partial charge in [0.15, 0.2) is 0 Å². The first-order valence-corrected chi connectivity index (χ1v) is 5.06. The fraction of sp³-hybridized carbons (Fsp3) is 0.333. The first-order chi connectivity index (χ1) is 7.69. The molecule has 0 aliphatic rings. The molecular weight excluding hydrogens is 222 g/mol. The van der Waals surface area contributed by atoms with E-state index >= 15 is 0 Å². The lowest BCUT2D eigenvalue weighted by Gasteiger charge is -2.19. The first-order valence-electron chi connectivity index (χ1n) is 5.06. The van der Waals surface area contributed by atoms with Crippen molar-refractivity contribution in [3.05, 3.63) is 29.3 Å². The Morgan fingerprint density at radius 3 is 2.18 bits per heavy atom. The van der Waals surface area contributed by atoms with Crippen molar-refractivity contribution in [2.24, 2.45) is 5.73 Å². The molecule has 0 fully saturated rings. The minimum absolute atomic E-state index is 0.0610. The number of phenolic OH excluding ortho intramolecular Hbond substituents is 1. The Morgan fingerprint density at radius 1 is 1.18 bits per heavy atom. The summed E-state index contributed by atoms with van der Waals surface area (Å²) < 4.78 is 5.11. The van der Waals surface area contributed by atoms with E-state index in [2.05, 4.69) is 0 Å². The van der Waals surface area contributed by atoms with Crippen LogP contribution in [0.3, 0.4) is 0 Å². The van der Waals surface area contributed by atoms with E-state index in [9.17, 15) is 14.7 Å². The molecule has 17 heavy (non-hydrogen) atoms. The topological polar surface area (TPSA) is 89.6 Å². The summed E-state index contributed by atoms with van der Waals surface area (Å²) in [6.07, 6.45) is 0. The van der Waals surface area contributed by atoms with Crippen molar-refractivity contribution < 1.29 is 19.4 Å². The van der Waals surface area contributed by atoms with Crippen LogP contribution in [0.4, 0.5) is 0 Å². The van der Waals surface area contributed by atoms with Crippen LogP contribution < -0.4 is 5.73 Å². The summed E-state index contributed by atoms with van der Waals surface area (Å²) >= 11 is 0. The molecule has 92 valence electrons. The Labute approximate surface area is 99.2 Å². The molecule has 1 amide bonds. The van der Waals surface area contributed by atoms with Gasteiger partial charge in [0.25, 0.3) is 0 Å². The lowest BCUT2D eigenvalue weighted by atomic mass is 10.1. The Morgan fingerprint density at radius 2 is 1.71 bits per heavy atom. The lowest BCUT2D eigenvalue weighted by molar-refractivity contribution is 0.00691. The molecule has 0 aliphatic carbocycles. The highest BCUT2D eigenvalue weighted by atomic mass is 16.6. The molecule has 1 aromatic rings. The van der Waals surface area contributed by atoms with Gasteiger partial charge in [-0.05, 0) is 39.0 Å². The maximum absolute atomic E-state index is 11.7. The molecule has 0 radical (unpaired) electrons. The summed E-state index contributed by atoms with van der Waals surface area (Å²) in [6.45, 7) is 5.17. The zero-order chi connectivity index (χ0) is 13.2. The van der Waals surface area contributed by atoms with E-state index in [4.69, 9.17) is 10.5 Å². The molecular formula is C12H15NO4. The van der Waals surface area contributed by atoms with Crippen LogP contribution in [0.15, 0.2) is 18.2 Å². The van der Waals surface area contributed by atoms with E-state index in [0.717, 1.165) is 0 Å². The van der Waals surface area contributed by atoms with Crippen molar-refractivity contribution in [2.45, 2.75) is 26.4 Å². The van der Waals surface area contributed by atoms with Crippen molar-refractivity contribution in [1.29, 1.82) is 0 Å². The van der Waals surface area contributed by atoms with Gasteiger partial charge in [-0.15, -0.1) is 0 Å². The highest BCUT2D eigenvalue weighted by Gasteiger charge is 2.19. The molecule has 0 atom stereocenters. The van der Waals surface area contributed by atoms with Crippen molar-refractivity contribution >= 4 is 11.9 Å². The number of primary amides is 1.